The summed E-state index contributed by atoms with van der Waals surface area (Å²) < 4.78 is 5.79. The Morgan fingerprint density at radius 3 is 2.93 bits per heavy atom. The Morgan fingerprint density at radius 1 is 1.60 bits per heavy atom. The molecule has 1 atom stereocenters. The number of pyridine rings is 1. The summed E-state index contributed by atoms with van der Waals surface area (Å²) in [7, 11) is 3.48. The van der Waals surface area contributed by atoms with Crippen LogP contribution in [0.4, 0.5) is 5.69 Å². The lowest BCUT2D eigenvalue weighted by atomic mass is 10.3. The van der Waals surface area contributed by atoms with Gasteiger partial charge in [-0.2, -0.15) is 0 Å². The smallest absolute Gasteiger partial charge is 0.0947 e. The van der Waals surface area contributed by atoms with Crippen LogP contribution in [-0.2, 0) is 4.74 Å². The summed E-state index contributed by atoms with van der Waals surface area (Å²) >= 11 is 3.35. The van der Waals surface area contributed by atoms with Crippen molar-refractivity contribution in [1.82, 2.24) is 4.98 Å². The van der Waals surface area contributed by atoms with Crippen LogP contribution >= 0.6 is 15.9 Å². The number of likely N-dealkylation sites (N-methyl/N-ethyl adjacent to an activating group) is 1. The van der Waals surface area contributed by atoms with Crippen molar-refractivity contribution in [3.8, 4) is 0 Å². The summed E-state index contributed by atoms with van der Waals surface area (Å²) in [6.45, 7) is 0.859. The molecule has 15 heavy (non-hydrogen) atoms. The maximum atomic E-state index is 9.55. The van der Waals surface area contributed by atoms with Gasteiger partial charge in [-0.25, -0.2) is 0 Å². The molecule has 0 saturated carbocycles. The van der Waals surface area contributed by atoms with E-state index >= 15 is 0 Å². The number of halogens is 1. The number of rotatable bonds is 5. The molecule has 5 heteroatoms. The quantitative estimate of drug-likeness (QED) is 0.879. The van der Waals surface area contributed by atoms with E-state index in [0.29, 0.717) is 13.2 Å². The summed E-state index contributed by atoms with van der Waals surface area (Å²) in [6, 6.07) is 1.95. The molecule has 4 nitrogen and oxygen atoms in total. The number of hydrogen-bond donors (Lipinski definition) is 1. The van der Waals surface area contributed by atoms with Gasteiger partial charge in [-0.05, 0) is 22.0 Å². The molecule has 1 rings (SSSR count). The molecule has 0 spiro atoms. The van der Waals surface area contributed by atoms with Gasteiger partial charge in [0.15, 0.2) is 0 Å². The molecule has 0 aliphatic carbocycles. The molecule has 1 heterocycles. The lowest BCUT2D eigenvalue weighted by Crippen LogP contribution is -2.31. The molecule has 0 bridgehead atoms. The molecule has 1 N–H and O–H groups in total. The predicted octanol–water partition coefficient (Wildman–Crippen LogP) is 1.29. The first-order valence-corrected chi connectivity index (χ1v) is 5.41. The van der Waals surface area contributed by atoms with E-state index in [-0.39, 0.29) is 0 Å². The van der Waals surface area contributed by atoms with E-state index < -0.39 is 6.10 Å². The lowest BCUT2D eigenvalue weighted by Gasteiger charge is -2.22. The van der Waals surface area contributed by atoms with E-state index in [1.165, 1.54) is 0 Å². The Kier molecular flexibility index (Phi) is 5.01. The fourth-order valence-electron chi connectivity index (χ4n) is 1.28. The van der Waals surface area contributed by atoms with Gasteiger partial charge in [-0.15, -0.1) is 0 Å². The number of aliphatic hydroxyl groups is 1. The average Bonchev–Trinajstić information content (AvgIpc) is 2.18. The van der Waals surface area contributed by atoms with Crippen molar-refractivity contribution in [1.29, 1.82) is 0 Å². The highest BCUT2D eigenvalue weighted by Crippen LogP contribution is 2.17. The SMILES string of the molecule is COCC(O)CN(C)c1cncc(Br)c1. The third-order valence-corrected chi connectivity index (χ3v) is 2.41. The van der Waals surface area contributed by atoms with Crippen molar-refractivity contribution in [3.63, 3.8) is 0 Å². The van der Waals surface area contributed by atoms with E-state index in [0.717, 1.165) is 10.2 Å². The van der Waals surface area contributed by atoms with Crippen LogP contribution in [0.2, 0.25) is 0 Å². The zero-order valence-electron chi connectivity index (χ0n) is 8.85. The van der Waals surface area contributed by atoms with Crippen molar-refractivity contribution >= 4 is 21.6 Å². The van der Waals surface area contributed by atoms with Gasteiger partial charge in [0.25, 0.3) is 0 Å². The molecular formula is C10H15BrN2O2. The predicted molar refractivity (Wildman–Crippen MR) is 63.1 cm³/mol. The van der Waals surface area contributed by atoms with Gasteiger partial charge in [0.05, 0.1) is 24.6 Å². The molecule has 0 saturated heterocycles. The van der Waals surface area contributed by atoms with E-state index in [1.54, 1.807) is 19.5 Å². The van der Waals surface area contributed by atoms with Crippen molar-refractivity contribution in [3.05, 3.63) is 22.9 Å². The van der Waals surface area contributed by atoms with Gasteiger partial charge in [-0.1, -0.05) is 0 Å². The fourth-order valence-corrected chi connectivity index (χ4v) is 1.63. The molecule has 0 radical (unpaired) electrons. The summed E-state index contributed by atoms with van der Waals surface area (Å²) in [6.07, 6.45) is 2.99. The fraction of sp³-hybridized carbons (Fsp3) is 0.500. The Bertz CT molecular complexity index is 309. The normalized spacial score (nSPS) is 12.5. The average molecular weight is 275 g/mol. The third-order valence-electron chi connectivity index (χ3n) is 1.97. The topological polar surface area (TPSA) is 45.6 Å². The van der Waals surface area contributed by atoms with Crippen LogP contribution in [0, 0.1) is 0 Å². The molecule has 1 aromatic heterocycles. The van der Waals surface area contributed by atoms with Crippen molar-refractivity contribution in [2.24, 2.45) is 0 Å². The molecule has 0 aromatic carbocycles. The summed E-state index contributed by atoms with van der Waals surface area (Å²) in [5.41, 5.74) is 0.958. The zero-order chi connectivity index (χ0) is 11.3. The number of aromatic nitrogens is 1. The van der Waals surface area contributed by atoms with Crippen LogP contribution in [-0.4, -0.2) is 43.5 Å². The standard InChI is InChI=1S/C10H15BrN2O2/c1-13(6-10(14)7-15-2)9-3-8(11)4-12-5-9/h3-5,10,14H,6-7H2,1-2H3. The van der Waals surface area contributed by atoms with E-state index in [9.17, 15) is 5.11 Å². The third kappa shape index (κ3) is 4.15. The van der Waals surface area contributed by atoms with Crippen LogP contribution in [0.3, 0.4) is 0 Å². The van der Waals surface area contributed by atoms with Gasteiger partial charge in [-0.3, -0.25) is 4.98 Å². The second-order valence-corrected chi connectivity index (χ2v) is 4.27. The molecule has 1 unspecified atom stereocenters. The second kappa shape index (κ2) is 6.05. The first-order valence-electron chi connectivity index (χ1n) is 4.62. The molecule has 84 valence electrons. The number of ether oxygens (including phenoxy) is 1. The van der Waals surface area contributed by atoms with E-state index in [4.69, 9.17) is 4.74 Å². The Hall–Kier alpha value is -0.650. The second-order valence-electron chi connectivity index (χ2n) is 3.35. The number of aliphatic hydroxyl groups excluding tert-OH is 1. The number of methoxy groups -OCH3 is 1. The Labute approximate surface area is 98.0 Å². The van der Waals surface area contributed by atoms with Crippen LogP contribution < -0.4 is 4.90 Å². The van der Waals surface area contributed by atoms with Crippen LogP contribution in [0.15, 0.2) is 22.9 Å². The van der Waals surface area contributed by atoms with E-state index in [2.05, 4.69) is 20.9 Å². The maximum absolute atomic E-state index is 9.55. The monoisotopic (exact) mass is 274 g/mol. The number of anilines is 1. The summed E-state index contributed by atoms with van der Waals surface area (Å²) in [5, 5.41) is 9.55. The first kappa shape index (κ1) is 12.4. The minimum absolute atomic E-state index is 0.339. The largest absolute Gasteiger partial charge is 0.389 e. The van der Waals surface area contributed by atoms with Gasteiger partial charge in [0.2, 0.25) is 0 Å². The maximum Gasteiger partial charge on any atom is 0.0947 e. The number of hydrogen-bond acceptors (Lipinski definition) is 4. The van der Waals surface area contributed by atoms with Gasteiger partial charge < -0.3 is 14.7 Å². The lowest BCUT2D eigenvalue weighted by molar-refractivity contribution is 0.0695. The van der Waals surface area contributed by atoms with Crippen LogP contribution in [0.1, 0.15) is 0 Å². The van der Waals surface area contributed by atoms with Gasteiger partial charge in [0.1, 0.15) is 0 Å². The Balaban J connectivity index is 2.56. The Morgan fingerprint density at radius 2 is 2.33 bits per heavy atom. The number of nitrogens with zero attached hydrogens (tertiary/aromatic N) is 2. The summed E-state index contributed by atoms with van der Waals surface area (Å²) in [4.78, 5) is 5.99. The van der Waals surface area contributed by atoms with Crippen molar-refractivity contribution in [2.75, 3.05) is 32.2 Å². The minimum Gasteiger partial charge on any atom is -0.389 e. The molecule has 0 aliphatic rings. The molecule has 1 aromatic rings. The highest BCUT2D eigenvalue weighted by Gasteiger charge is 2.08. The highest BCUT2D eigenvalue weighted by molar-refractivity contribution is 9.10. The van der Waals surface area contributed by atoms with Crippen molar-refractivity contribution in [2.45, 2.75) is 6.10 Å². The minimum atomic E-state index is -0.487. The molecule has 0 amide bonds. The molecule has 0 fully saturated rings. The highest BCUT2D eigenvalue weighted by atomic mass is 79.9. The van der Waals surface area contributed by atoms with Crippen LogP contribution in [0.5, 0.6) is 0 Å². The molecule has 0 aliphatic heterocycles. The van der Waals surface area contributed by atoms with Crippen molar-refractivity contribution < 1.29 is 9.84 Å². The summed E-state index contributed by atoms with van der Waals surface area (Å²) in [5.74, 6) is 0. The van der Waals surface area contributed by atoms with Gasteiger partial charge in [0, 0.05) is 31.4 Å². The first-order chi connectivity index (χ1) is 7.13. The molecular weight excluding hydrogens is 260 g/mol. The van der Waals surface area contributed by atoms with E-state index in [1.807, 2.05) is 18.0 Å². The van der Waals surface area contributed by atoms with Crippen LogP contribution in [0.25, 0.3) is 0 Å². The zero-order valence-corrected chi connectivity index (χ0v) is 10.4. The van der Waals surface area contributed by atoms with Gasteiger partial charge >= 0.3 is 0 Å².